The minimum absolute atomic E-state index is 0.0655. The number of ether oxygens (including phenoxy) is 1. The first-order valence-electron chi connectivity index (χ1n) is 6.40. The molecule has 1 aromatic carbocycles. The van der Waals surface area contributed by atoms with E-state index >= 15 is 0 Å². The zero-order valence-electron chi connectivity index (χ0n) is 11.3. The predicted octanol–water partition coefficient (Wildman–Crippen LogP) is 4.29. The van der Waals surface area contributed by atoms with Crippen LogP contribution in [0.5, 0.6) is 5.75 Å². The molecule has 2 aromatic rings. The van der Waals surface area contributed by atoms with E-state index in [4.69, 9.17) is 4.42 Å². The molecule has 0 aliphatic rings. The Hall–Kier alpha value is -1.88. The van der Waals surface area contributed by atoms with Gasteiger partial charge in [-0.05, 0) is 43.7 Å². The lowest BCUT2D eigenvalue weighted by atomic mass is 10.1. The molecule has 1 heterocycles. The number of alkyl halides is 2. The summed E-state index contributed by atoms with van der Waals surface area (Å²) >= 11 is 0. The Morgan fingerprint density at radius 1 is 1.05 bits per heavy atom. The van der Waals surface area contributed by atoms with Crippen molar-refractivity contribution < 1.29 is 17.9 Å². The third-order valence-corrected chi connectivity index (χ3v) is 3.08. The predicted molar refractivity (Wildman–Crippen MR) is 71.7 cm³/mol. The first kappa shape index (κ1) is 14.5. The number of hydrogen-bond donors (Lipinski definition) is 1. The third kappa shape index (κ3) is 3.81. The van der Waals surface area contributed by atoms with Crippen LogP contribution in [0.3, 0.4) is 0 Å². The summed E-state index contributed by atoms with van der Waals surface area (Å²) in [5, 5.41) is 3.38. The fourth-order valence-corrected chi connectivity index (χ4v) is 2.03. The van der Waals surface area contributed by atoms with E-state index < -0.39 is 6.61 Å². The summed E-state index contributed by atoms with van der Waals surface area (Å²) in [6.45, 7) is 1.21. The first-order valence-corrected chi connectivity index (χ1v) is 6.40. The van der Waals surface area contributed by atoms with Crippen LogP contribution in [0.4, 0.5) is 8.78 Å². The van der Waals surface area contributed by atoms with Crippen molar-refractivity contribution in [3.05, 3.63) is 54.0 Å². The number of nitrogens with one attached hydrogen (secondary N) is 1. The van der Waals surface area contributed by atoms with Gasteiger partial charge < -0.3 is 14.5 Å². The van der Waals surface area contributed by atoms with Gasteiger partial charge in [-0.2, -0.15) is 8.78 Å². The molecular weight excluding hydrogens is 264 g/mol. The molecule has 3 nitrogen and oxygen atoms in total. The molecule has 108 valence electrons. The molecule has 1 N–H and O–H groups in total. The molecule has 0 amide bonds. The van der Waals surface area contributed by atoms with Gasteiger partial charge in [-0.25, -0.2) is 0 Å². The highest BCUT2D eigenvalue weighted by Gasteiger charge is 2.13. The Labute approximate surface area is 116 Å². The van der Waals surface area contributed by atoms with Gasteiger partial charge in [0.2, 0.25) is 0 Å². The van der Waals surface area contributed by atoms with E-state index in [1.165, 1.54) is 12.1 Å². The molecule has 2 rings (SSSR count). The fourth-order valence-electron chi connectivity index (χ4n) is 2.03. The molecule has 0 bridgehead atoms. The Balaban J connectivity index is 1.97. The van der Waals surface area contributed by atoms with Gasteiger partial charge in [0, 0.05) is 6.04 Å². The quantitative estimate of drug-likeness (QED) is 0.857. The highest BCUT2D eigenvalue weighted by molar-refractivity contribution is 5.29. The summed E-state index contributed by atoms with van der Waals surface area (Å²) in [6, 6.07) is 10.5. The number of rotatable bonds is 6. The Kier molecular flexibility index (Phi) is 4.74. The molecule has 2 atom stereocenters. The van der Waals surface area contributed by atoms with Crippen molar-refractivity contribution in [3.63, 3.8) is 0 Å². The van der Waals surface area contributed by atoms with Gasteiger partial charge in [0.15, 0.2) is 0 Å². The van der Waals surface area contributed by atoms with Crippen LogP contribution in [0, 0.1) is 0 Å². The lowest BCUT2D eigenvalue weighted by molar-refractivity contribution is -0.0498. The molecular formula is C15H17F2NO2. The highest BCUT2D eigenvalue weighted by Crippen LogP contribution is 2.22. The molecule has 0 saturated heterocycles. The maximum Gasteiger partial charge on any atom is 0.387 e. The SMILES string of the molecule is CC(N[C@H](C)c1ccco1)c1ccc(OC(F)F)cc1. The molecule has 0 saturated carbocycles. The van der Waals surface area contributed by atoms with Gasteiger partial charge in [0.25, 0.3) is 0 Å². The van der Waals surface area contributed by atoms with Gasteiger partial charge in [-0.15, -0.1) is 0 Å². The average molecular weight is 281 g/mol. The highest BCUT2D eigenvalue weighted by atomic mass is 19.3. The second-order valence-corrected chi connectivity index (χ2v) is 4.57. The van der Waals surface area contributed by atoms with Crippen LogP contribution in [0.15, 0.2) is 47.1 Å². The minimum Gasteiger partial charge on any atom is -0.468 e. The zero-order valence-corrected chi connectivity index (χ0v) is 11.3. The van der Waals surface area contributed by atoms with E-state index in [1.54, 1.807) is 18.4 Å². The number of hydrogen-bond acceptors (Lipinski definition) is 3. The molecule has 0 radical (unpaired) electrons. The standard InChI is InChI=1S/C15H17F2NO2/c1-10(18-11(2)14-4-3-9-19-14)12-5-7-13(8-6-12)20-15(16)17/h3-11,15,18H,1-2H3/t10?,11-/m1/s1. The van der Waals surface area contributed by atoms with E-state index in [0.717, 1.165) is 11.3 Å². The van der Waals surface area contributed by atoms with Crippen molar-refractivity contribution in [2.75, 3.05) is 0 Å². The molecule has 0 aliphatic heterocycles. The van der Waals surface area contributed by atoms with Crippen LogP contribution in [-0.4, -0.2) is 6.61 Å². The Morgan fingerprint density at radius 2 is 1.75 bits per heavy atom. The van der Waals surface area contributed by atoms with Crippen molar-refractivity contribution in [2.24, 2.45) is 0 Å². The summed E-state index contributed by atoms with van der Waals surface area (Å²) in [5.41, 5.74) is 0.991. The molecule has 20 heavy (non-hydrogen) atoms. The molecule has 5 heteroatoms. The van der Waals surface area contributed by atoms with Crippen LogP contribution >= 0.6 is 0 Å². The molecule has 0 spiro atoms. The number of halogens is 2. The molecule has 0 fully saturated rings. The van der Waals surface area contributed by atoms with Crippen molar-refractivity contribution in [2.45, 2.75) is 32.5 Å². The maximum atomic E-state index is 12.1. The lowest BCUT2D eigenvalue weighted by Gasteiger charge is -2.19. The van der Waals surface area contributed by atoms with Crippen LogP contribution in [0.2, 0.25) is 0 Å². The van der Waals surface area contributed by atoms with E-state index in [-0.39, 0.29) is 17.8 Å². The summed E-state index contributed by atoms with van der Waals surface area (Å²) in [7, 11) is 0. The van der Waals surface area contributed by atoms with E-state index in [0.29, 0.717) is 0 Å². The fraction of sp³-hybridized carbons (Fsp3) is 0.333. The van der Waals surface area contributed by atoms with Crippen LogP contribution in [-0.2, 0) is 0 Å². The monoisotopic (exact) mass is 281 g/mol. The Morgan fingerprint density at radius 3 is 2.30 bits per heavy atom. The van der Waals surface area contributed by atoms with Gasteiger partial charge in [-0.1, -0.05) is 12.1 Å². The second-order valence-electron chi connectivity index (χ2n) is 4.57. The van der Waals surface area contributed by atoms with E-state index in [9.17, 15) is 8.78 Å². The second kappa shape index (κ2) is 6.52. The van der Waals surface area contributed by atoms with Crippen molar-refractivity contribution in [1.82, 2.24) is 5.32 Å². The maximum absolute atomic E-state index is 12.1. The van der Waals surface area contributed by atoms with Gasteiger partial charge >= 0.3 is 6.61 Å². The van der Waals surface area contributed by atoms with Crippen molar-refractivity contribution in [3.8, 4) is 5.75 Å². The zero-order chi connectivity index (χ0) is 14.5. The average Bonchev–Trinajstić information content (AvgIpc) is 2.92. The van der Waals surface area contributed by atoms with Gasteiger partial charge in [0.05, 0.1) is 12.3 Å². The van der Waals surface area contributed by atoms with Gasteiger partial charge in [-0.3, -0.25) is 0 Å². The Bertz CT molecular complexity index is 511. The minimum atomic E-state index is -2.80. The summed E-state index contributed by atoms with van der Waals surface area (Å²) in [6.07, 6.45) is 1.63. The topological polar surface area (TPSA) is 34.4 Å². The van der Waals surface area contributed by atoms with Crippen LogP contribution < -0.4 is 10.1 Å². The third-order valence-electron chi connectivity index (χ3n) is 3.08. The normalized spacial score (nSPS) is 14.2. The molecule has 1 unspecified atom stereocenters. The first-order chi connectivity index (χ1) is 9.56. The molecule has 1 aromatic heterocycles. The van der Waals surface area contributed by atoms with Crippen molar-refractivity contribution >= 4 is 0 Å². The number of benzene rings is 1. The van der Waals surface area contributed by atoms with Crippen molar-refractivity contribution in [1.29, 1.82) is 0 Å². The smallest absolute Gasteiger partial charge is 0.387 e. The van der Waals surface area contributed by atoms with Crippen LogP contribution in [0.1, 0.15) is 37.3 Å². The summed E-state index contributed by atoms with van der Waals surface area (Å²) in [4.78, 5) is 0. The van der Waals surface area contributed by atoms with Crippen LogP contribution in [0.25, 0.3) is 0 Å². The summed E-state index contributed by atoms with van der Waals surface area (Å²) in [5.74, 6) is 1.02. The van der Waals surface area contributed by atoms with E-state index in [1.807, 2.05) is 26.0 Å². The van der Waals surface area contributed by atoms with E-state index in [2.05, 4.69) is 10.1 Å². The molecule has 0 aliphatic carbocycles. The van der Waals surface area contributed by atoms with Gasteiger partial charge in [0.1, 0.15) is 11.5 Å². The lowest BCUT2D eigenvalue weighted by Crippen LogP contribution is -2.22. The number of furan rings is 1. The summed E-state index contributed by atoms with van der Waals surface area (Å²) < 4.78 is 33.8. The largest absolute Gasteiger partial charge is 0.468 e.